The minimum atomic E-state index is -0.155. The Kier molecular flexibility index (Phi) is 3.95. The van der Waals surface area contributed by atoms with E-state index in [1.54, 1.807) is 0 Å². The van der Waals surface area contributed by atoms with Gasteiger partial charge in [0.1, 0.15) is 0 Å². The van der Waals surface area contributed by atoms with Crippen molar-refractivity contribution in [3.63, 3.8) is 0 Å². The molecule has 3 rings (SSSR count). The Bertz CT molecular complexity index is 654. The number of fused-ring (bicyclic) bond motifs is 3. The average Bonchev–Trinajstić information content (AvgIpc) is 2.54. The Morgan fingerprint density at radius 2 is 2.09 bits per heavy atom. The lowest BCUT2D eigenvalue weighted by atomic mass is 9.49. The van der Waals surface area contributed by atoms with Gasteiger partial charge in [0.05, 0.1) is 19.2 Å². The SMILES string of the molecule is COC(=O)C[C@]1(C)CCC[C@@]2(C)c3ccccc3/C(=N\O)C[C@H]12. The highest BCUT2D eigenvalue weighted by Gasteiger charge is 2.53. The Morgan fingerprint density at radius 1 is 1.35 bits per heavy atom. The second-order valence-electron chi connectivity index (χ2n) is 7.53. The topological polar surface area (TPSA) is 58.9 Å². The fourth-order valence-corrected chi connectivity index (χ4v) is 5.02. The molecule has 0 aromatic heterocycles. The smallest absolute Gasteiger partial charge is 0.306 e. The molecule has 1 N–H and O–H groups in total. The third-order valence-corrected chi connectivity index (χ3v) is 6.20. The molecule has 3 atom stereocenters. The lowest BCUT2D eigenvalue weighted by Gasteiger charge is -2.55. The van der Waals surface area contributed by atoms with Crippen LogP contribution in [0.1, 0.15) is 57.1 Å². The van der Waals surface area contributed by atoms with Gasteiger partial charge < -0.3 is 9.94 Å². The van der Waals surface area contributed by atoms with Crippen molar-refractivity contribution in [1.29, 1.82) is 0 Å². The summed E-state index contributed by atoms with van der Waals surface area (Å²) in [5, 5.41) is 13.1. The molecular formula is C19H25NO3. The summed E-state index contributed by atoms with van der Waals surface area (Å²) in [6.07, 6.45) is 4.33. The zero-order valence-corrected chi connectivity index (χ0v) is 14.1. The minimum Gasteiger partial charge on any atom is -0.469 e. The number of oxime groups is 1. The van der Waals surface area contributed by atoms with Crippen molar-refractivity contribution in [1.82, 2.24) is 0 Å². The molecule has 23 heavy (non-hydrogen) atoms. The second kappa shape index (κ2) is 5.66. The Labute approximate surface area is 137 Å². The van der Waals surface area contributed by atoms with E-state index >= 15 is 0 Å². The van der Waals surface area contributed by atoms with E-state index in [0.717, 1.165) is 30.5 Å². The number of hydrogen-bond acceptors (Lipinski definition) is 4. The third kappa shape index (κ3) is 2.44. The molecule has 1 aromatic rings. The molecule has 0 amide bonds. The van der Waals surface area contributed by atoms with Gasteiger partial charge in [-0.25, -0.2) is 0 Å². The summed E-state index contributed by atoms with van der Waals surface area (Å²) in [7, 11) is 1.45. The fraction of sp³-hybridized carbons (Fsp3) is 0.579. The lowest BCUT2D eigenvalue weighted by molar-refractivity contribution is -0.145. The maximum atomic E-state index is 12.0. The van der Waals surface area contributed by atoms with Crippen molar-refractivity contribution in [3.05, 3.63) is 35.4 Å². The molecule has 0 spiro atoms. The van der Waals surface area contributed by atoms with E-state index in [1.807, 2.05) is 18.2 Å². The maximum absolute atomic E-state index is 12.0. The molecule has 1 fully saturated rings. The molecule has 1 saturated carbocycles. The second-order valence-corrected chi connectivity index (χ2v) is 7.53. The van der Waals surface area contributed by atoms with Crippen LogP contribution >= 0.6 is 0 Å². The van der Waals surface area contributed by atoms with Crippen LogP contribution in [0.2, 0.25) is 0 Å². The number of carbonyl (C=O) groups is 1. The van der Waals surface area contributed by atoms with E-state index < -0.39 is 0 Å². The summed E-state index contributed by atoms with van der Waals surface area (Å²) in [4.78, 5) is 12.0. The molecule has 4 heteroatoms. The summed E-state index contributed by atoms with van der Waals surface area (Å²) in [5.41, 5.74) is 2.91. The van der Waals surface area contributed by atoms with Gasteiger partial charge in [-0.15, -0.1) is 0 Å². The Balaban J connectivity index is 2.09. The molecule has 0 heterocycles. The fourth-order valence-electron chi connectivity index (χ4n) is 5.02. The van der Waals surface area contributed by atoms with E-state index in [1.165, 1.54) is 12.7 Å². The first kappa shape index (κ1) is 16.0. The molecule has 0 saturated heterocycles. The van der Waals surface area contributed by atoms with Crippen molar-refractivity contribution >= 4 is 11.7 Å². The first-order valence-electron chi connectivity index (χ1n) is 8.32. The van der Waals surface area contributed by atoms with Crippen LogP contribution in [-0.2, 0) is 14.9 Å². The number of hydrogen-bond donors (Lipinski definition) is 1. The zero-order chi connectivity index (χ0) is 16.7. The highest BCUT2D eigenvalue weighted by Crippen LogP contribution is 2.58. The van der Waals surface area contributed by atoms with E-state index in [-0.39, 0.29) is 22.7 Å². The molecule has 0 aliphatic heterocycles. The lowest BCUT2D eigenvalue weighted by Crippen LogP contribution is -2.51. The number of methoxy groups -OCH3 is 1. The largest absolute Gasteiger partial charge is 0.469 e. The van der Waals surface area contributed by atoms with Crippen molar-refractivity contribution < 1.29 is 14.7 Å². The number of ether oxygens (including phenoxy) is 1. The van der Waals surface area contributed by atoms with Gasteiger partial charge in [-0.2, -0.15) is 0 Å². The van der Waals surface area contributed by atoms with Crippen LogP contribution in [0.15, 0.2) is 29.4 Å². The predicted molar refractivity (Wildman–Crippen MR) is 88.8 cm³/mol. The summed E-state index contributed by atoms with van der Waals surface area (Å²) < 4.78 is 4.93. The van der Waals surface area contributed by atoms with E-state index in [4.69, 9.17) is 4.74 Å². The molecule has 2 aliphatic carbocycles. The first-order chi connectivity index (χ1) is 10.9. The number of benzene rings is 1. The summed E-state index contributed by atoms with van der Waals surface area (Å²) >= 11 is 0. The molecule has 1 aromatic carbocycles. The van der Waals surface area contributed by atoms with E-state index in [0.29, 0.717) is 12.8 Å². The van der Waals surface area contributed by atoms with Crippen LogP contribution < -0.4 is 0 Å². The van der Waals surface area contributed by atoms with Crippen molar-refractivity contribution in [2.75, 3.05) is 7.11 Å². The molecule has 4 nitrogen and oxygen atoms in total. The number of nitrogens with zero attached hydrogens (tertiary/aromatic N) is 1. The van der Waals surface area contributed by atoms with E-state index in [2.05, 4.69) is 25.1 Å². The minimum absolute atomic E-state index is 0.00576. The van der Waals surface area contributed by atoms with Crippen LogP contribution in [-0.4, -0.2) is 24.0 Å². The molecule has 124 valence electrons. The van der Waals surface area contributed by atoms with Gasteiger partial charge in [0.2, 0.25) is 0 Å². The third-order valence-electron chi connectivity index (χ3n) is 6.20. The van der Waals surface area contributed by atoms with Crippen molar-refractivity contribution in [2.24, 2.45) is 16.5 Å². The van der Waals surface area contributed by atoms with Crippen LogP contribution in [0.25, 0.3) is 0 Å². The number of carbonyl (C=O) groups excluding carboxylic acids is 1. The molecular weight excluding hydrogens is 290 g/mol. The quantitative estimate of drug-likeness (QED) is 0.511. The van der Waals surface area contributed by atoms with Crippen LogP contribution in [0.5, 0.6) is 0 Å². The zero-order valence-electron chi connectivity index (χ0n) is 14.1. The normalized spacial score (nSPS) is 34.6. The maximum Gasteiger partial charge on any atom is 0.306 e. The molecule has 2 aliphatic rings. The molecule has 0 radical (unpaired) electrons. The van der Waals surface area contributed by atoms with Gasteiger partial charge in [0.15, 0.2) is 0 Å². The highest BCUT2D eigenvalue weighted by atomic mass is 16.5. The van der Waals surface area contributed by atoms with Gasteiger partial charge in [0.25, 0.3) is 0 Å². The van der Waals surface area contributed by atoms with Gasteiger partial charge >= 0.3 is 5.97 Å². The summed E-state index contributed by atoms with van der Waals surface area (Å²) in [6, 6.07) is 8.23. The molecule has 0 unspecified atom stereocenters. The standard InChI is InChI=1S/C19H25NO3/c1-18(12-17(21)23-3)9-6-10-19(2)14-8-5-4-7-13(14)15(20-22)11-16(18)19/h4-5,7-8,16,22H,6,9-12H2,1-3H3/b20-15-/t16-,18+,19+/m1/s1. The summed E-state index contributed by atoms with van der Waals surface area (Å²) in [6.45, 7) is 4.49. The highest BCUT2D eigenvalue weighted by molar-refractivity contribution is 6.03. The number of esters is 1. The predicted octanol–water partition coefficient (Wildman–Crippen LogP) is 3.90. The van der Waals surface area contributed by atoms with Crippen molar-refractivity contribution in [2.45, 2.75) is 51.4 Å². The van der Waals surface area contributed by atoms with Gasteiger partial charge in [-0.3, -0.25) is 4.79 Å². The summed E-state index contributed by atoms with van der Waals surface area (Å²) in [5.74, 6) is 0.113. The van der Waals surface area contributed by atoms with Crippen LogP contribution in [0.4, 0.5) is 0 Å². The monoisotopic (exact) mass is 315 g/mol. The number of rotatable bonds is 2. The van der Waals surface area contributed by atoms with E-state index in [9.17, 15) is 10.0 Å². The van der Waals surface area contributed by atoms with Gasteiger partial charge in [-0.1, -0.05) is 49.7 Å². The average molecular weight is 315 g/mol. The first-order valence-corrected chi connectivity index (χ1v) is 8.32. The van der Waals surface area contributed by atoms with Crippen molar-refractivity contribution in [3.8, 4) is 0 Å². The molecule has 0 bridgehead atoms. The van der Waals surface area contributed by atoms with Gasteiger partial charge in [-0.05, 0) is 41.6 Å². The Morgan fingerprint density at radius 3 is 2.78 bits per heavy atom. The van der Waals surface area contributed by atoms with Gasteiger partial charge in [0, 0.05) is 5.56 Å². The van der Waals surface area contributed by atoms with Crippen LogP contribution in [0, 0.1) is 11.3 Å². The van der Waals surface area contributed by atoms with Crippen LogP contribution in [0.3, 0.4) is 0 Å². The Hall–Kier alpha value is -1.84.